The van der Waals surface area contributed by atoms with Crippen molar-refractivity contribution in [3.63, 3.8) is 0 Å². The van der Waals surface area contributed by atoms with E-state index in [1.165, 1.54) is 4.57 Å². The summed E-state index contributed by atoms with van der Waals surface area (Å²) in [5.41, 5.74) is 3.11. The Morgan fingerprint density at radius 3 is 2.80 bits per heavy atom. The van der Waals surface area contributed by atoms with Crippen LogP contribution < -0.4 is 5.76 Å². The fourth-order valence-electron chi connectivity index (χ4n) is 2.16. The van der Waals surface area contributed by atoms with Crippen molar-refractivity contribution >= 4 is 27.0 Å². The molecule has 0 N–H and O–H groups in total. The van der Waals surface area contributed by atoms with E-state index in [9.17, 15) is 4.79 Å². The number of nitriles is 1. The van der Waals surface area contributed by atoms with E-state index in [4.69, 9.17) is 9.68 Å². The van der Waals surface area contributed by atoms with Gasteiger partial charge in [0.25, 0.3) is 0 Å². The maximum atomic E-state index is 11.5. The van der Waals surface area contributed by atoms with Gasteiger partial charge >= 0.3 is 5.76 Å². The van der Waals surface area contributed by atoms with Crippen LogP contribution in [0, 0.1) is 11.3 Å². The number of aryl methyl sites for hydroxylation is 2. The summed E-state index contributed by atoms with van der Waals surface area (Å²) in [7, 11) is 3.41. The smallest absolute Gasteiger partial charge is 0.408 e. The molecule has 100 valence electrons. The van der Waals surface area contributed by atoms with Gasteiger partial charge in [-0.2, -0.15) is 10.4 Å². The molecular formula is C13H9BrN4O2. The molecule has 0 aliphatic rings. The largest absolute Gasteiger partial charge is 0.419 e. The van der Waals surface area contributed by atoms with Gasteiger partial charge < -0.3 is 4.42 Å². The number of hydrogen-bond donors (Lipinski definition) is 0. The van der Waals surface area contributed by atoms with Crippen LogP contribution in [0.4, 0.5) is 0 Å². The maximum Gasteiger partial charge on any atom is 0.419 e. The Labute approximate surface area is 122 Å². The number of rotatable bonds is 1. The lowest BCUT2D eigenvalue weighted by Crippen LogP contribution is -2.08. The molecule has 0 aliphatic heterocycles. The lowest BCUT2D eigenvalue weighted by atomic mass is 10.1. The zero-order valence-electron chi connectivity index (χ0n) is 10.7. The fourth-order valence-corrected chi connectivity index (χ4v) is 2.82. The number of halogens is 1. The molecule has 0 saturated carbocycles. The standard InChI is InChI=1S/C13H9BrN4O2/c1-17-9-4-3-7(5-10(9)20-13(17)19)12-11(14)8(6-15)16-18(12)2/h3-5H,1-2H3. The van der Waals surface area contributed by atoms with Gasteiger partial charge in [0.1, 0.15) is 6.07 Å². The van der Waals surface area contributed by atoms with Crippen LogP contribution in [0.5, 0.6) is 0 Å². The predicted octanol–water partition coefficient (Wildman–Crippen LogP) is 2.17. The van der Waals surface area contributed by atoms with E-state index in [-0.39, 0.29) is 0 Å². The second-order valence-corrected chi connectivity index (χ2v) is 5.15. The monoisotopic (exact) mass is 332 g/mol. The molecule has 3 aromatic rings. The quantitative estimate of drug-likeness (QED) is 0.684. The summed E-state index contributed by atoms with van der Waals surface area (Å²) in [6.45, 7) is 0. The minimum atomic E-state index is -0.404. The molecule has 2 aromatic heterocycles. The third-order valence-corrected chi connectivity index (χ3v) is 3.91. The molecule has 0 spiro atoms. The Balaban J connectivity index is 2.28. The van der Waals surface area contributed by atoms with E-state index >= 15 is 0 Å². The van der Waals surface area contributed by atoms with Crippen LogP contribution in [-0.4, -0.2) is 14.3 Å². The molecule has 0 atom stereocenters. The van der Waals surface area contributed by atoms with Crippen LogP contribution in [0.25, 0.3) is 22.4 Å². The number of benzene rings is 1. The minimum Gasteiger partial charge on any atom is -0.408 e. The summed E-state index contributed by atoms with van der Waals surface area (Å²) < 4.78 is 8.85. The highest BCUT2D eigenvalue weighted by Crippen LogP contribution is 2.31. The molecule has 2 heterocycles. The summed E-state index contributed by atoms with van der Waals surface area (Å²) in [5.74, 6) is -0.404. The van der Waals surface area contributed by atoms with Crippen LogP contribution in [0.3, 0.4) is 0 Å². The molecule has 0 amide bonds. The van der Waals surface area contributed by atoms with Gasteiger partial charge in [-0.1, -0.05) is 6.07 Å². The SMILES string of the molecule is Cn1nc(C#N)c(Br)c1-c1ccc2c(c1)oc(=O)n2C. The maximum absolute atomic E-state index is 11.5. The first kappa shape index (κ1) is 12.7. The molecule has 0 bridgehead atoms. The highest BCUT2D eigenvalue weighted by atomic mass is 79.9. The minimum absolute atomic E-state index is 0.317. The molecule has 0 unspecified atom stereocenters. The van der Waals surface area contributed by atoms with Gasteiger partial charge in [-0.3, -0.25) is 9.25 Å². The Morgan fingerprint density at radius 1 is 1.40 bits per heavy atom. The van der Waals surface area contributed by atoms with Crippen LogP contribution in [0.2, 0.25) is 0 Å². The number of aromatic nitrogens is 3. The zero-order chi connectivity index (χ0) is 14.4. The molecule has 0 radical (unpaired) electrons. The third kappa shape index (κ3) is 1.69. The van der Waals surface area contributed by atoms with E-state index in [0.717, 1.165) is 16.8 Å². The average Bonchev–Trinajstić information content (AvgIpc) is 2.87. The second kappa shape index (κ2) is 4.35. The van der Waals surface area contributed by atoms with E-state index < -0.39 is 5.76 Å². The molecule has 0 saturated heterocycles. The van der Waals surface area contributed by atoms with E-state index in [0.29, 0.717) is 15.7 Å². The molecule has 0 aliphatic carbocycles. The summed E-state index contributed by atoms with van der Waals surface area (Å²) in [4.78, 5) is 11.5. The van der Waals surface area contributed by atoms with Crippen molar-refractivity contribution in [1.82, 2.24) is 14.3 Å². The molecular weight excluding hydrogens is 324 g/mol. The fraction of sp³-hybridized carbons (Fsp3) is 0.154. The summed E-state index contributed by atoms with van der Waals surface area (Å²) in [5, 5.41) is 13.1. The van der Waals surface area contributed by atoms with Gasteiger partial charge in [-0.15, -0.1) is 0 Å². The Bertz CT molecular complexity index is 926. The number of hydrogen-bond acceptors (Lipinski definition) is 4. The van der Waals surface area contributed by atoms with Gasteiger partial charge in [-0.05, 0) is 28.1 Å². The summed E-state index contributed by atoms with van der Waals surface area (Å²) in [6.07, 6.45) is 0. The summed E-state index contributed by atoms with van der Waals surface area (Å²) in [6, 6.07) is 7.45. The van der Waals surface area contributed by atoms with E-state index in [1.54, 1.807) is 30.9 Å². The normalized spacial score (nSPS) is 10.9. The van der Waals surface area contributed by atoms with Crippen molar-refractivity contribution in [2.45, 2.75) is 0 Å². The van der Waals surface area contributed by atoms with E-state index in [1.807, 2.05) is 12.1 Å². The number of oxazole rings is 1. The van der Waals surface area contributed by atoms with Crippen LogP contribution in [0.15, 0.2) is 31.9 Å². The molecule has 7 heteroatoms. The van der Waals surface area contributed by atoms with Gasteiger partial charge in [0, 0.05) is 19.7 Å². The van der Waals surface area contributed by atoms with Crippen molar-refractivity contribution < 1.29 is 4.42 Å². The molecule has 0 fully saturated rings. The van der Waals surface area contributed by atoms with Gasteiger partial charge in [0.15, 0.2) is 11.3 Å². The average molecular weight is 333 g/mol. The van der Waals surface area contributed by atoms with Crippen molar-refractivity contribution in [2.75, 3.05) is 0 Å². The van der Waals surface area contributed by atoms with Crippen LogP contribution >= 0.6 is 15.9 Å². The molecule has 3 rings (SSSR count). The molecule has 6 nitrogen and oxygen atoms in total. The van der Waals surface area contributed by atoms with Gasteiger partial charge in [-0.25, -0.2) is 4.79 Å². The van der Waals surface area contributed by atoms with Crippen molar-refractivity contribution in [1.29, 1.82) is 5.26 Å². The Hall–Kier alpha value is -2.33. The first-order valence-corrected chi connectivity index (χ1v) is 6.54. The first-order chi connectivity index (χ1) is 9.52. The highest BCUT2D eigenvalue weighted by Gasteiger charge is 2.16. The van der Waals surface area contributed by atoms with Crippen molar-refractivity contribution in [3.8, 4) is 17.3 Å². The first-order valence-electron chi connectivity index (χ1n) is 5.75. The van der Waals surface area contributed by atoms with Crippen molar-refractivity contribution in [2.24, 2.45) is 14.1 Å². The van der Waals surface area contributed by atoms with Gasteiger partial charge in [0.05, 0.1) is 15.7 Å². The predicted molar refractivity (Wildman–Crippen MR) is 76.1 cm³/mol. The zero-order valence-corrected chi connectivity index (χ0v) is 12.3. The van der Waals surface area contributed by atoms with Crippen molar-refractivity contribution in [3.05, 3.63) is 38.9 Å². The van der Waals surface area contributed by atoms with Crippen LogP contribution in [0.1, 0.15) is 5.69 Å². The lowest BCUT2D eigenvalue weighted by molar-refractivity contribution is 0.528. The van der Waals surface area contributed by atoms with Gasteiger partial charge in [0.2, 0.25) is 0 Å². The van der Waals surface area contributed by atoms with E-state index in [2.05, 4.69) is 21.0 Å². The number of nitrogens with zero attached hydrogens (tertiary/aromatic N) is 4. The number of fused-ring (bicyclic) bond motifs is 1. The third-order valence-electron chi connectivity index (χ3n) is 3.16. The Morgan fingerprint density at radius 2 is 2.15 bits per heavy atom. The Kier molecular flexibility index (Phi) is 2.76. The second-order valence-electron chi connectivity index (χ2n) is 4.36. The topological polar surface area (TPSA) is 76.8 Å². The highest BCUT2D eigenvalue weighted by molar-refractivity contribution is 9.10. The van der Waals surface area contributed by atoms with Crippen LogP contribution in [-0.2, 0) is 14.1 Å². The molecule has 20 heavy (non-hydrogen) atoms. The summed E-state index contributed by atoms with van der Waals surface area (Å²) >= 11 is 3.38. The molecule has 1 aromatic carbocycles. The lowest BCUT2D eigenvalue weighted by Gasteiger charge is -2.03.